The Morgan fingerprint density at radius 3 is 2.47 bits per heavy atom. The minimum Gasteiger partial charge on any atom is -0.339 e. The molecule has 0 radical (unpaired) electrons. The number of carbonyl (C=O) groups excluding carboxylic acids is 1. The van der Waals surface area contributed by atoms with E-state index in [0.29, 0.717) is 25.2 Å². The summed E-state index contributed by atoms with van der Waals surface area (Å²) in [6.45, 7) is 9.33. The van der Waals surface area contributed by atoms with Gasteiger partial charge in [0.05, 0.1) is 6.54 Å². The highest BCUT2D eigenvalue weighted by Gasteiger charge is 2.31. The fraction of sp³-hybridized carbons (Fsp3) is 0.923. The second-order valence-corrected chi connectivity index (χ2v) is 5.12. The minimum atomic E-state index is 0.278. The predicted molar refractivity (Wildman–Crippen MR) is 70.8 cm³/mol. The number of amides is 1. The van der Waals surface area contributed by atoms with Crippen molar-refractivity contribution in [1.82, 2.24) is 9.80 Å². The molecule has 1 amide bonds. The van der Waals surface area contributed by atoms with Gasteiger partial charge in [-0.1, -0.05) is 0 Å². The molecule has 1 rings (SSSR count). The van der Waals surface area contributed by atoms with E-state index < -0.39 is 0 Å². The van der Waals surface area contributed by atoms with E-state index in [-0.39, 0.29) is 5.91 Å². The number of likely N-dealkylation sites (N-methyl/N-ethyl adjacent to an activating group) is 1. The molecule has 2 N–H and O–H groups in total. The monoisotopic (exact) mass is 241 g/mol. The molecule has 0 spiro atoms. The van der Waals surface area contributed by atoms with E-state index in [0.717, 1.165) is 19.5 Å². The van der Waals surface area contributed by atoms with Crippen molar-refractivity contribution in [3.63, 3.8) is 0 Å². The number of nitrogens with zero attached hydrogens (tertiary/aromatic N) is 2. The van der Waals surface area contributed by atoms with Crippen LogP contribution in [0.4, 0.5) is 0 Å². The van der Waals surface area contributed by atoms with Crippen LogP contribution in [0.15, 0.2) is 0 Å². The number of nitrogens with two attached hydrogens (primary N) is 1. The summed E-state index contributed by atoms with van der Waals surface area (Å²) >= 11 is 0. The molecule has 1 aliphatic rings. The largest absolute Gasteiger partial charge is 0.339 e. The maximum Gasteiger partial charge on any atom is 0.236 e. The third-order valence-corrected chi connectivity index (χ3v) is 3.37. The van der Waals surface area contributed by atoms with Crippen LogP contribution in [0, 0.1) is 0 Å². The Hall–Kier alpha value is -0.610. The zero-order valence-corrected chi connectivity index (χ0v) is 11.5. The maximum absolute atomic E-state index is 12.2. The summed E-state index contributed by atoms with van der Waals surface area (Å²) in [7, 11) is 0. The number of hydrogen-bond donors (Lipinski definition) is 1. The lowest BCUT2D eigenvalue weighted by Gasteiger charge is -2.29. The molecule has 4 heteroatoms. The minimum absolute atomic E-state index is 0.278. The fourth-order valence-electron chi connectivity index (χ4n) is 2.10. The Kier molecular flexibility index (Phi) is 5.92. The molecule has 0 atom stereocenters. The van der Waals surface area contributed by atoms with Crippen LogP contribution in [0.5, 0.6) is 0 Å². The van der Waals surface area contributed by atoms with Gasteiger partial charge in [-0.05, 0) is 46.6 Å². The van der Waals surface area contributed by atoms with Crippen molar-refractivity contribution < 1.29 is 4.79 Å². The molecule has 4 nitrogen and oxygen atoms in total. The molecule has 1 saturated carbocycles. The van der Waals surface area contributed by atoms with Gasteiger partial charge in [0, 0.05) is 25.2 Å². The van der Waals surface area contributed by atoms with Crippen molar-refractivity contribution in [2.75, 3.05) is 26.2 Å². The first kappa shape index (κ1) is 14.5. The summed E-state index contributed by atoms with van der Waals surface area (Å²) in [4.78, 5) is 16.4. The Balaban J connectivity index is 2.44. The Morgan fingerprint density at radius 1 is 1.41 bits per heavy atom. The maximum atomic E-state index is 12.2. The van der Waals surface area contributed by atoms with Crippen LogP contribution in [-0.2, 0) is 4.79 Å². The SMILES string of the molecule is CCN(C(=O)CN(CCCN)C(C)C)C1CC1. The lowest BCUT2D eigenvalue weighted by atomic mass is 10.2. The van der Waals surface area contributed by atoms with Gasteiger partial charge in [-0.15, -0.1) is 0 Å². The zero-order valence-electron chi connectivity index (χ0n) is 11.5. The molecular weight excluding hydrogens is 214 g/mol. The summed E-state index contributed by atoms with van der Waals surface area (Å²) in [5.41, 5.74) is 5.53. The molecule has 0 aromatic carbocycles. The van der Waals surface area contributed by atoms with Gasteiger partial charge in [0.25, 0.3) is 0 Å². The normalized spacial score (nSPS) is 15.6. The van der Waals surface area contributed by atoms with Gasteiger partial charge in [-0.2, -0.15) is 0 Å². The first-order valence-corrected chi connectivity index (χ1v) is 6.83. The second kappa shape index (κ2) is 6.97. The highest BCUT2D eigenvalue weighted by atomic mass is 16.2. The van der Waals surface area contributed by atoms with Gasteiger partial charge in [0.1, 0.15) is 0 Å². The van der Waals surface area contributed by atoms with E-state index in [2.05, 4.69) is 25.7 Å². The van der Waals surface area contributed by atoms with Crippen LogP contribution < -0.4 is 5.73 Å². The van der Waals surface area contributed by atoms with Crippen molar-refractivity contribution in [3.05, 3.63) is 0 Å². The number of rotatable bonds is 8. The van der Waals surface area contributed by atoms with Crippen LogP contribution >= 0.6 is 0 Å². The molecule has 1 aliphatic carbocycles. The van der Waals surface area contributed by atoms with Crippen LogP contribution in [-0.4, -0.2) is 54.0 Å². The topological polar surface area (TPSA) is 49.6 Å². The molecule has 0 saturated heterocycles. The summed E-state index contributed by atoms with van der Waals surface area (Å²) in [5, 5.41) is 0. The number of carbonyl (C=O) groups is 1. The molecule has 0 aromatic rings. The van der Waals surface area contributed by atoms with E-state index in [1.54, 1.807) is 0 Å². The predicted octanol–water partition coefficient (Wildman–Crippen LogP) is 1.06. The summed E-state index contributed by atoms with van der Waals surface area (Å²) in [5.74, 6) is 0.278. The molecule has 0 unspecified atom stereocenters. The molecular formula is C13H27N3O. The van der Waals surface area contributed by atoms with Gasteiger partial charge in [0.2, 0.25) is 5.91 Å². The molecule has 0 aromatic heterocycles. The first-order valence-electron chi connectivity index (χ1n) is 6.83. The van der Waals surface area contributed by atoms with Gasteiger partial charge in [-0.3, -0.25) is 9.69 Å². The van der Waals surface area contributed by atoms with E-state index in [1.807, 2.05) is 4.90 Å². The lowest BCUT2D eigenvalue weighted by Crippen LogP contribution is -2.44. The van der Waals surface area contributed by atoms with Gasteiger partial charge in [-0.25, -0.2) is 0 Å². The first-order chi connectivity index (χ1) is 8.10. The third kappa shape index (κ3) is 4.64. The smallest absolute Gasteiger partial charge is 0.236 e. The van der Waals surface area contributed by atoms with Gasteiger partial charge >= 0.3 is 0 Å². The summed E-state index contributed by atoms with van der Waals surface area (Å²) < 4.78 is 0. The average molecular weight is 241 g/mol. The van der Waals surface area contributed by atoms with Crippen LogP contribution in [0.25, 0.3) is 0 Å². The summed E-state index contributed by atoms with van der Waals surface area (Å²) in [6.07, 6.45) is 3.33. The van der Waals surface area contributed by atoms with Crippen molar-refractivity contribution in [1.29, 1.82) is 0 Å². The van der Waals surface area contributed by atoms with Crippen molar-refractivity contribution >= 4 is 5.91 Å². The number of hydrogen-bond acceptors (Lipinski definition) is 3. The Morgan fingerprint density at radius 2 is 2.06 bits per heavy atom. The molecule has 0 bridgehead atoms. The molecule has 0 heterocycles. The van der Waals surface area contributed by atoms with E-state index >= 15 is 0 Å². The molecule has 100 valence electrons. The highest BCUT2D eigenvalue weighted by Crippen LogP contribution is 2.26. The van der Waals surface area contributed by atoms with Gasteiger partial charge < -0.3 is 10.6 Å². The van der Waals surface area contributed by atoms with Crippen LogP contribution in [0.2, 0.25) is 0 Å². The quantitative estimate of drug-likeness (QED) is 0.691. The van der Waals surface area contributed by atoms with Gasteiger partial charge in [0.15, 0.2) is 0 Å². The molecule has 0 aliphatic heterocycles. The molecule has 17 heavy (non-hydrogen) atoms. The summed E-state index contributed by atoms with van der Waals surface area (Å²) in [6, 6.07) is 0.930. The van der Waals surface area contributed by atoms with Crippen LogP contribution in [0.3, 0.4) is 0 Å². The third-order valence-electron chi connectivity index (χ3n) is 3.37. The van der Waals surface area contributed by atoms with E-state index in [9.17, 15) is 4.79 Å². The van der Waals surface area contributed by atoms with E-state index in [4.69, 9.17) is 5.73 Å². The average Bonchev–Trinajstić information content (AvgIpc) is 3.09. The van der Waals surface area contributed by atoms with Crippen molar-refractivity contribution in [2.45, 2.75) is 52.1 Å². The van der Waals surface area contributed by atoms with Crippen molar-refractivity contribution in [3.8, 4) is 0 Å². The second-order valence-electron chi connectivity index (χ2n) is 5.12. The highest BCUT2D eigenvalue weighted by molar-refractivity contribution is 5.79. The van der Waals surface area contributed by atoms with E-state index in [1.165, 1.54) is 12.8 Å². The zero-order chi connectivity index (χ0) is 12.8. The Labute approximate surface area is 105 Å². The standard InChI is InChI=1S/C13H27N3O/c1-4-16(12-6-7-12)13(17)10-15(11(2)3)9-5-8-14/h11-12H,4-10,14H2,1-3H3. The fourth-order valence-corrected chi connectivity index (χ4v) is 2.10. The lowest BCUT2D eigenvalue weighted by molar-refractivity contribution is -0.133. The van der Waals surface area contributed by atoms with Crippen LogP contribution in [0.1, 0.15) is 40.0 Å². The van der Waals surface area contributed by atoms with Crippen molar-refractivity contribution in [2.24, 2.45) is 5.73 Å². The molecule has 1 fully saturated rings. The Bertz CT molecular complexity index is 239.